The molecule has 0 radical (unpaired) electrons. The summed E-state index contributed by atoms with van der Waals surface area (Å²) >= 11 is 0. The lowest BCUT2D eigenvalue weighted by molar-refractivity contribution is 0.0917. The van der Waals surface area contributed by atoms with E-state index < -0.39 is 5.82 Å². The maximum Gasteiger partial charge on any atom is 0.268 e. The molecule has 1 heterocycles. The number of halogens is 1. The van der Waals surface area contributed by atoms with Crippen molar-refractivity contribution >= 4 is 33.4 Å². The number of amides is 1. The van der Waals surface area contributed by atoms with Crippen LogP contribution in [0.2, 0.25) is 0 Å². The molecule has 6 rings (SSSR count). The number of nitrogens with zero attached hydrogens (tertiary/aromatic N) is 1. The van der Waals surface area contributed by atoms with Crippen LogP contribution in [0, 0.1) is 11.2 Å². The van der Waals surface area contributed by atoms with E-state index in [0.29, 0.717) is 23.6 Å². The second-order valence-electron chi connectivity index (χ2n) is 10.7. The molecule has 6 N–H and O–H groups in total. The highest BCUT2D eigenvalue weighted by atomic mass is 19.1. The molecule has 1 aromatic heterocycles. The van der Waals surface area contributed by atoms with E-state index in [1.807, 2.05) is 59.2 Å². The van der Waals surface area contributed by atoms with E-state index in [4.69, 9.17) is 21.6 Å². The van der Waals surface area contributed by atoms with Gasteiger partial charge in [-0.05, 0) is 78.4 Å². The topological polar surface area (TPSA) is 119 Å². The van der Waals surface area contributed by atoms with Gasteiger partial charge < -0.3 is 26.1 Å². The Morgan fingerprint density at radius 2 is 1.71 bits per heavy atom. The van der Waals surface area contributed by atoms with Crippen molar-refractivity contribution in [1.82, 2.24) is 9.88 Å². The molecule has 0 aliphatic heterocycles. The Morgan fingerprint density at radius 3 is 2.49 bits per heavy atom. The van der Waals surface area contributed by atoms with Gasteiger partial charge in [0.25, 0.3) is 5.91 Å². The number of ether oxygens (including phenoxy) is 1. The zero-order valence-electron chi connectivity index (χ0n) is 22.6. The maximum atomic E-state index is 14.4. The monoisotopic (exact) mass is 549 g/mol. The third kappa shape index (κ3) is 5.51. The molecule has 208 valence electrons. The molecule has 1 aliphatic rings. The minimum Gasteiger partial charge on any atom is -0.454 e. The van der Waals surface area contributed by atoms with Gasteiger partial charge in [-0.25, -0.2) is 4.39 Å². The molecule has 7 nitrogen and oxygen atoms in total. The van der Waals surface area contributed by atoms with Gasteiger partial charge in [0.1, 0.15) is 17.3 Å². The van der Waals surface area contributed by atoms with Crippen molar-refractivity contribution in [1.29, 1.82) is 5.41 Å². The quantitative estimate of drug-likeness (QED) is 0.146. The number of carbonyl (C=O) groups is 1. The van der Waals surface area contributed by atoms with Crippen LogP contribution in [0.15, 0.2) is 84.9 Å². The molecular weight excluding hydrogens is 517 g/mol. The number of fused-ring (bicyclic) bond motifs is 2. The van der Waals surface area contributed by atoms with Gasteiger partial charge in [0.15, 0.2) is 11.6 Å². The summed E-state index contributed by atoms with van der Waals surface area (Å²) in [6, 6.07) is 25.6. The number of nitrogens with two attached hydrogens (primary N) is 2. The molecule has 0 spiro atoms. The molecule has 1 aliphatic carbocycles. The van der Waals surface area contributed by atoms with Crippen LogP contribution in [0.1, 0.15) is 47.3 Å². The van der Waals surface area contributed by atoms with Crippen molar-refractivity contribution in [2.24, 2.45) is 11.5 Å². The number of hydrogen-bond acceptors (Lipinski definition) is 4. The lowest BCUT2D eigenvalue weighted by Crippen LogP contribution is -2.41. The SMILES string of the molecule is N=C(N)c1ccc2cc(C(=O)NC3CCC(N)CC3)n(Cc3cc(Oc4ccccc4F)cc4ccccc34)c2c1. The first kappa shape index (κ1) is 26.5. The summed E-state index contributed by atoms with van der Waals surface area (Å²) < 4.78 is 22.4. The number of aromatic nitrogens is 1. The van der Waals surface area contributed by atoms with Gasteiger partial charge in [-0.1, -0.05) is 48.5 Å². The molecule has 0 unspecified atom stereocenters. The molecule has 4 aromatic carbocycles. The number of rotatable bonds is 7. The Kier molecular flexibility index (Phi) is 7.15. The highest BCUT2D eigenvalue weighted by molar-refractivity contribution is 6.02. The van der Waals surface area contributed by atoms with E-state index >= 15 is 0 Å². The van der Waals surface area contributed by atoms with Crippen molar-refractivity contribution in [3.05, 3.63) is 108 Å². The minimum absolute atomic E-state index is 0.0464. The number of benzene rings is 4. The molecule has 0 atom stereocenters. The molecule has 0 saturated heterocycles. The number of amidine groups is 1. The van der Waals surface area contributed by atoms with E-state index in [1.165, 1.54) is 6.07 Å². The summed E-state index contributed by atoms with van der Waals surface area (Å²) in [7, 11) is 0. The molecule has 41 heavy (non-hydrogen) atoms. The Bertz CT molecular complexity index is 1770. The fraction of sp³-hybridized carbons (Fsp3) is 0.212. The van der Waals surface area contributed by atoms with Gasteiger partial charge in [-0.15, -0.1) is 0 Å². The zero-order chi connectivity index (χ0) is 28.5. The molecule has 8 heteroatoms. The smallest absolute Gasteiger partial charge is 0.268 e. The van der Waals surface area contributed by atoms with Gasteiger partial charge in [-0.3, -0.25) is 10.2 Å². The lowest BCUT2D eigenvalue weighted by atomic mass is 9.92. The first-order chi connectivity index (χ1) is 19.9. The Balaban J connectivity index is 1.44. The van der Waals surface area contributed by atoms with Gasteiger partial charge in [0.2, 0.25) is 0 Å². The molecule has 1 fully saturated rings. The Morgan fingerprint density at radius 1 is 0.951 bits per heavy atom. The van der Waals surface area contributed by atoms with Crippen molar-refractivity contribution in [2.45, 2.75) is 44.3 Å². The zero-order valence-corrected chi connectivity index (χ0v) is 22.6. The third-order valence-electron chi connectivity index (χ3n) is 7.87. The van der Waals surface area contributed by atoms with Crippen molar-refractivity contribution < 1.29 is 13.9 Å². The highest BCUT2D eigenvalue weighted by Gasteiger charge is 2.24. The van der Waals surface area contributed by atoms with Crippen molar-refractivity contribution in [2.75, 3.05) is 0 Å². The molecule has 5 aromatic rings. The van der Waals surface area contributed by atoms with Gasteiger partial charge in [0, 0.05) is 35.1 Å². The maximum absolute atomic E-state index is 14.4. The molecule has 0 bridgehead atoms. The van der Waals surface area contributed by atoms with E-state index in [1.54, 1.807) is 24.3 Å². The second kappa shape index (κ2) is 11.1. The van der Waals surface area contributed by atoms with Crippen LogP contribution in [-0.4, -0.2) is 28.4 Å². The Hall–Kier alpha value is -4.69. The van der Waals surface area contributed by atoms with Crippen LogP contribution in [-0.2, 0) is 6.54 Å². The Labute approximate surface area is 237 Å². The summed E-state index contributed by atoms with van der Waals surface area (Å²) in [5.41, 5.74) is 14.7. The lowest BCUT2D eigenvalue weighted by Gasteiger charge is -2.27. The van der Waals surface area contributed by atoms with Crippen LogP contribution in [0.5, 0.6) is 11.5 Å². The predicted molar refractivity (Wildman–Crippen MR) is 160 cm³/mol. The number of hydrogen-bond donors (Lipinski definition) is 4. The summed E-state index contributed by atoms with van der Waals surface area (Å²) in [6.07, 6.45) is 3.47. The standard InChI is InChI=1S/C33H32FN5O2/c34-28-7-3-4-8-31(28)41-26-15-20-5-1-2-6-27(20)23(16-26)19-39-29-18-22(32(36)37)10-9-21(29)17-30(39)33(40)38-25-13-11-24(35)12-14-25/h1-10,15-18,24-25H,11-14,19,35H2,(H3,36,37)(H,38,40). The fourth-order valence-electron chi connectivity index (χ4n) is 5.68. The van der Waals surface area contributed by atoms with Crippen molar-refractivity contribution in [3.63, 3.8) is 0 Å². The number of carbonyl (C=O) groups excluding carboxylic acids is 1. The summed E-state index contributed by atoms with van der Waals surface area (Å²) in [5, 5.41) is 14.0. The normalized spacial score (nSPS) is 17.0. The van der Waals surface area contributed by atoms with E-state index in [9.17, 15) is 9.18 Å². The third-order valence-corrected chi connectivity index (χ3v) is 7.87. The largest absolute Gasteiger partial charge is 0.454 e. The van der Waals surface area contributed by atoms with Gasteiger partial charge in [-0.2, -0.15) is 0 Å². The summed E-state index contributed by atoms with van der Waals surface area (Å²) in [4.78, 5) is 13.7. The van der Waals surface area contributed by atoms with Gasteiger partial charge >= 0.3 is 0 Å². The van der Waals surface area contributed by atoms with E-state index in [-0.39, 0.29) is 29.6 Å². The molecular formula is C33H32FN5O2. The average molecular weight is 550 g/mol. The number of nitrogens with one attached hydrogen (secondary N) is 2. The van der Waals surface area contributed by atoms with Crippen LogP contribution in [0.4, 0.5) is 4.39 Å². The van der Waals surface area contributed by atoms with E-state index in [2.05, 4.69) is 5.32 Å². The minimum atomic E-state index is -0.446. The van der Waals surface area contributed by atoms with Crippen LogP contribution >= 0.6 is 0 Å². The van der Waals surface area contributed by atoms with E-state index in [0.717, 1.165) is 52.9 Å². The van der Waals surface area contributed by atoms with Crippen molar-refractivity contribution in [3.8, 4) is 11.5 Å². The summed E-state index contributed by atoms with van der Waals surface area (Å²) in [6.45, 7) is 0.345. The van der Waals surface area contributed by atoms with Crippen LogP contribution in [0.25, 0.3) is 21.7 Å². The second-order valence-corrected chi connectivity index (χ2v) is 10.7. The fourth-order valence-corrected chi connectivity index (χ4v) is 5.68. The predicted octanol–water partition coefficient (Wildman–Crippen LogP) is 6.06. The summed E-state index contributed by atoms with van der Waals surface area (Å²) in [5.74, 6) is -0.0187. The van der Waals surface area contributed by atoms with Gasteiger partial charge in [0.05, 0.1) is 0 Å². The average Bonchev–Trinajstić information content (AvgIpc) is 3.33. The first-order valence-electron chi connectivity index (χ1n) is 13.8. The molecule has 1 saturated carbocycles. The van der Waals surface area contributed by atoms with Crippen LogP contribution < -0.4 is 21.5 Å². The number of nitrogen functional groups attached to an aromatic ring is 1. The molecule has 1 amide bonds. The highest BCUT2D eigenvalue weighted by Crippen LogP contribution is 2.32. The first-order valence-corrected chi connectivity index (χ1v) is 13.8. The number of para-hydroxylation sites is 1. The van der Waals surface area contributed by atoms with Crippen LogP contribution in [0.3, 0.4) is 0 Å².